The van der Waals surface area contributed by atoms with E-state index in [4.69, 9.17) is 23.7 Å². The molecule has 0 saturated carbocycles. The third-order valence-electron chi connectivity index (χ3n) is 5.41. The van der Waals surface area contributed by atoms with E-state index in [1.165, 1.54) is 7.11 Å². The number of methoxy groups -OCH3 is 2. The Morgan fingerprint density at radius 1 is 0.871 bits per heavy atom. The molecule has 5 rings (SSSR count). The average molecular weight is 416 g/mol. The summed E-state index contributed by atoms with van der Waals surface area (Å²) >= 11 is 0. The summed E-state index contributed by atoms with van der Waals surface area (Å²) in [5.41, 5.74) is 3.45. The molecule has 6 heteroatoms. The van der Waals surface area contributed by atoms with Crippen molar-refractivity contribution >= 4 is 11.5 Å². The van der Waals surface area contributed by atoms with Crippen LogP contribution in [0.15, 0.2) is 72.3 Å². The first-order valence-corrected chi connectivity index (χ1v) is 9.82. The molecule has 3 aromatic rings. The number of hydrogen-bond donors (Lipinski definition) is 0. The monoisotopic (exact) mass is 416 g/mol. The van der Waals surface area contributed by atoms with E-state index in [1.54, 1.807) is 7.11 Å². The number of carbonyl (C=O) groups excluding carboxylic acids is 1. The van der Waals surface area contributed by atoms with Crippen LogP contribution in [0.25, 0.3) is 5.57 Å². The Labute approximate surface area is 179 Å². The van der Waals surface area contributed by atoms with E-state index in [0.29, 0.717) is 34.1 Å². The highest BCUT2D eigenvalue weighted by atomic mass is 16.7. The van der Waals surface area contributed by atoms with Crippen LogP contribution in [0.4, 0.5) is 0 Å². The van der Waals surface area contributed by atoms with Crippen molar-refractivity contribution < 1.29 is 28.5 Å². The van der Waals surface area contributed by atoms with E-state index < -0.39 is 12.1 Å². The maximum absolute atomic E-state index is 13.1. The fourth-order valence-electron chi connectivity index (χ4n) is 4.01. The van der Waals surface area contributed by atoms with Crippen molar-refractivity contribution in [3.05, 3.63) is 89.0 Å². The Morgan fingerprint density at radius 2 is 1.61 bits per heavy atom. The first-order chi connectivity index (χ1) is 15.2. The van der Waals surface area contributed by atoms with Gasteiger partial charge in [0.1, 0.15) is 11.5 Å². The van der Waals surface area contributed by atoms with Gasteiger partial charge in [0.05, 0.1) is 19.8 Å². The standard InChI is InChI=1S/C25H20O6/c1-27-18-9-5-3-7-16(18)22-17-8-4-6-10-19(17)31-24(23(22)25(26)28-2)15-11-12-20-21(13-15)30-14-29-20/h3-13,24H,14H2,1-2H3. The molecule has 1 atom stereocenters. The van der Waals surface area contributed by atoms with Gasteiger partial charge < -0.3 is 23.7 Å². The second kappa shape index (κ2) is 7.72. The summed E-state index contributed by atoms with van der Waals surface area (Å²) in [5, 5.41) is 0. The van der Waals surface area contributed by atoms with Gasteiger partial charge in [0.2, 0.25) is 6.79 Å². The SMILES string of the molecule is COC(=O)C1=C(c2ccccc2OC)c2ccccc2OC1c1ccc2c(c1)OCO2. The lowest BCUT2D eigenvalue weighted by Gasteiger charge is -2.31. The Balaban J connectivity index is 1.79. The molecule has 2 heterocycles. The first-order valence-electron chi connectivity index (χ1n) is 9.82. The van der Waals surface area contributed by atoms with Crippen LogP contribution >= 0.6 is 0 Å². The minimum atomic E-state index is -0.697. The van der Waals surface area contributed by atoms with E-state index in [9.17, 15) is 4.79 Å². The molecular weight excluding hydrogens is 396 g/mol. The molecule has 0 radical (unpaired) electrons. The third-order valence-corrected chi connectivity index (χ3v) is 5.41. The molecule has 0 N–H and O–H groups in total. The van der Waals surface area contributed by atoms with Gasteiger partial charge in [-0.2, -0.15) is 0 Å². The van der Waals surface area contributed by atoms with Crippen LogP contribution in [-0.4, -0.2) is 27.0 Å². The molecule has 2 aliphatic rings. The van der Waals surface area contributed by atoms with Gasteiger partial charge in [-0.1, -0.05) is 42.5 Å². The van der Waals surface area contributed by atoms with E-state index in [-0.39, 0.29) is 6.79 Å². The topological polar surface area (TPSA) is 63.2 Å². The molecule has 0 amide bonds. The van der Waals surface area contributed by atoms with E-state index in [0.717, 1.165) is 16.7 Å². The van der Waals surface area contributed by atoms with Crippen molar-refractivity contribution in [2.24, 2.45) is 0 Å². The van der Waals surface area contributed by atoms with Crippen LogP contribution in [0.2, 0.25) is 0 Å². The van der Waals surface area contributed by atoms with Gasteiger partial charge in [-0.25, -0.2) is 4.79 Å². The molecule has 156 valence electrons. The minimum absolute atomic E-state index is 0.166. The summed E-state index contributed by atoms with van der Waals surface area (Å²) in [4.78, 5) is 13.1. The average Bonchev–Trinajstić information content (AvgIpc) is 3.30. The highest BCUT2D eigenvalue weighted by Gasteiger charge is 2.37. The maximum atomic E-state index is 13.1. The quantitative estimate of drug-likeness (QED) is 0.582. The zero-order chi connectivity index (χ0) is 21.4. The summed E-state index contributed by atoms with van der Waals surface area (Å²) in [6.45, 7) is 0.166. The van der Waals surface area contributed by atoms with E-state index in [2.05, 4.69) is 0 Å². The number of hydrogen-bond acceptors (Lipinski definition) is 6. The summed E-state index contributed by atoms with van der Waals surface area (Å²) in [5.74, 6) is 2.12. The van der Waals surface area contributed by atoms with Gasteiger partial charge in [-0.3, -0.25) is 0 Å². The maximum Gasteiger partial charge on any atom is 0.338 e. The van der Waals surface area contributed by atoms with Crippen molar-refractivity contribution in [2.45, 2.75) is 6.10 Å². The Morgan fingerprint density at radius 3 is 2.42 bits per heavy atom. The van der Waals surface area contributed by atoms with E-state index in [1.807, 2.05) is 66.7 Å². The van der Waals surface area contributed by atoms with Gasteiger partial charge in [0, 0.05) is 22.3 Å². The molecule has 0 spiro atoms. The summed E-state index contributed by atoms with van der Waals surface area (Å²) < 4.78 is 28.1. The number of rotatable bonds is 4. The zero-order valence-electron chi connectivity index (χ0n) is 17.1. The normalized spacial score (nSPS) is 16.4. The molecule has 0 aromatic heterocycles. The summed E-state index contributed by atoms with van der Waals surface area (Å²) in [6.07, 6.45) is -0.697. The van der Waals surface area contributed by atoms with Crippen LogP contribution in [0.5, 0.6) is 23.0 Å². The second-order valence-electron chi connectivity index (χ2n) is 7.09. The molecule has 0 bridgehead atoms. The van der Waals surface area contributed by atoms with Gasteiger partial charge in [0.15, 0.2) is 17.6 Å². The number of esters is 1. The number of ether oxygens (including phenoxy) is 5. The lowest BCUT2D eigenvalue weighted by atomic mass is 9.85. The van der Waals surface area contributed by atoms with Gasteiger partial charge in [0.25, 0.3) is 0 Å². The molecule has 0 aliphatic carbocycles. The minimum Gasteiger partial charge on any atom is -0.496 e. The number of para-hydroxylation sites is 2. The molecule has 2 aliphatic heterocycles. The Hall–Kier alpha value is -3.93. The molecular formula is C25H20O6. The highest BCUT2D eigenvalue weighted by Crippen LogP contribution is 2.48. The third kappa shape index (κ3) is 3.17. The molecule has 0 saturated heterocycles. The van der Waals surface area contributed by atoms with Crippen LogP contribution in [0.3, 0.4) is 0 Å². The molecule has 6 nitrogen and oxygen atoms in total. The number of carbonyl (C=O) groups is 1. The van der Waals surface area contributed by atoms with Crippen molar-refractivity contribution in [3.63, 3.8) is 0 Å². The smallest absolute Gasteiger partial charge is 0.338 e. The van der Waals surface area contributed by atoms with Crippen LogP contribution in [0.1, 0.15) is 22.8 Å². The van der Waals surface area contributed by atoms with Crippen molar-refractivity contribution in [2.75, 3.05) is 21.0 Å². The fourth-order valence-corrected chi connectivity index (χ4v) is 4.01. The number of fused-ring (bicyclic) bond motifs is 2. The van der Waals surface area contributed by atoms with Gasteiger partial charge in [-0.05, 0) is 24.3 Å². The molecule has 1 unspecified atom stereocenters. The summed E-state index contributed by atoms with van der Waals surface area (Å²) in [6, 6.07) is 20.7. The van der Waals surface area contributed by atoms with Crippen molar-refractivity contribution in [1.82, 2.24) is 0 Å². The Bertz CT molecular complexity index is 1200. The van der Waals surface area contributed by atoms with Crippen LogP contribution in [-0.2, 0) is 9.53 Å². The van der Waals surface area contributed by atoms with Gasteiger partial charge >= 0.3 is 5.97 Å². The number of benzene rings is 3. The molecule has 3 aromatic carbocycles. The van der Waals surface area contributed by atoms with Crippen molar-refractivity contribution in [3.8, 4) is 23.0 Å². The van der Waals surface area contributed by atoms with Crippen LogP contribution in [0, 0.1) is 0 Å². The second-order valence-corrected chi connectivity index (χ2v) is 7.09. The molecule has 31 heavy (non-hydrogen) atoms. The Kier molecular flexibility index (Phi) is 4.75. The van der Waals surface area contributed by atoms with Crippen molar-refractivity contribution in [1.29, 1.82) is 0 Å². The molecule has 0 fully saturated rings. The lowest BCUT2D eigenvalue weighted by Crippen LogP contribution is -2.24. The van der Waals surface area contributed by atoms with Gasteiger partial charge in [-0.15, -0.1) is 0 Å². The summed E-state index contributed by atoms with van der Waals surface area (Å²) in [7, 11) is 2.98. The fraction of sp³-hybridized carbons (Fsp3) is 0.160. The van der Waals surface area contributed by atoms with E-state index >= 15 is 0 Å². The highest BCUT2D eigenvalue weighted by molar-refractivity contribution is 6.05. The largest absolute Gasteiger partial charge is 0.496 e. The van der Waals surface area contributed by atoms with Crippen LogP contribution < -0.4 is 18.9 Å². The zero-order valence-corrected chi connectivity index (χ0v) is 17.1. The first kappa shape index (κ1) is 19.1. The predicted octanol–water partition coefficient (Wildman–Crippen LogP) is 4.53. The lowest BCUT2D eigenvalue weighted by molar-refractivity contribution is -0.137. The predicted molar refractivity (Wildman–Crippen MR) is 113 cm³/mol.